The van der Waals surface area contributed by atoms with Crippen molar-refractivity contribution in [2.75, 3.05) is 14.1 Å². The number of nitro groups is 2. The van der Waals surface area contributed by atoms with E-state index in [9.17, 15) is 20.2 Å². The van der Waals surface area contributed by atoms with E-state index >= 15 is 0 Å². The lowest BCUT2D eigenvalue weighted by Crippen LogP contribution is -3.00. The third-order valence-electron chi connectivity index (χ3n) is 4.84. The number of nitrogens with zero attached hydrogens (tertiary/aromatic N) is 7. The molecule has 0 atom stereocenters. The van der Waals surface area contributed by atoms with Crippen LogP contribution in [0.25, 0.3) is 21.8 Å². The molecular weight excluding hydrogens is 485 g/mol. The second kappa shape index (κ2) is 8.51. The number of halogens is 3. The molecule has 2 aromatic heterocycles. The molecule has 4 rings (SSSR count). The van der Waals surface area contributed by atoms with E-state index in [0.29, 0.717) is 39.6 Å². The van der Waals surface area contributed by atoms with Crippen molar-refractivity contribution in [3.05, 3.63) is 66.9 Å². The molecule has 0 amide bonds. The van der Waals surface area contributed by atoms with Crippen molar-refractivity contribution >= 4 is 56.4 Å². The molecular formula is C18H16Cl3N7O4. The normalized spacial score (nSPS) is 11.6. The molecule has 0 spiro atoms. The third kappa shape index (κ3) is 4.32. The lowest BCUT2D eigenvalue weighted by Gasteiger charge is -2.29. The summed E-state index contributed by atoms with van der Waals surface area (Å²) in [5.74, 6) is 0. The van der Waals surface area contributed by atoms with Crippen LogP contribution >= 0.6 is 23.2 Å². The van der Waals surface area contributed by atoms with Crippen LogP contribution in [0.1, 0.15) is 0 Å². The van der Waals surface area contributed by atoms with Crippen molar-refractivity contribution < 1.29 is 26.7 Å². The molecule has 0 bridgehead atoms. The molecule has 0 unspecified atom stereocenters. The molecule has 0 saturated heterocycles. The van der Waals surface area contributed by atoms with Gasteiger partial charge in [0.15, 0.2) is 23.6 Å². The average Bonchev–Trinajstić information content (AvgIpc) is 3.17. The topological polar surface area (TPSA) is 122 Å². The van der Waals surface area contributed by atoms with Gasteiger partial charge in [0.1, 0.15) is 0 Å². The van der Waals surface area contributed by atoms with Gasteiger partial charge in [-0.25, -0.2) is 9.36 Å². The number of hydrogen-bond acceptors (Lipinski definition) is 6. The second-order valence-corrected chi connectivity index (χ2v) is 8.43. The molecule has 0 radical (unpaired) electrons. The quantitative estimate of drug-likeness (QED) is 0.223. The average molecular weight is 501 g/mol. The van der Waals surface area contributed by atoms with Gasteiger partial charge in [0, 0.05) is 35.0 Å². The Morgan fingerprint density at radius 2 is 1.22 bits per heavy atom. The van der Waals surface area contributed by atoms with E-state index < -0.39 is 9.85 Å². The van der Waals surface area contributed by atoms with E-state index in [1.165, 1.54) is 24.3 Å². The first-order chi connectivity index (χ1) is 14.6. The number of benzene rings is 2. The van der Waals surface area contributed by atoms with Crippen molar-refractivity contribution in [3.8, 4) is 0 Å². The minimum absolute atomic E-state index is 0. The molecule has 0 aliphatic rings. The molecule has 0 saturated carbocycles. The minimum atomic E-state index is -0.477. The van der Waals surface area contributed by atoms with Gasteiger partial charge >= 0.3 is 0 Å². The first-order valence-electron chi connectivity index (χ1n) is 8.99. The van der Waals surface area contributed by atoms with E-state index in [1.807, 2.05) is 14.1 Å². The van der Waals surface area contributed by atoms with E-state index in [0.717, 1.165) is 0 Å². The Kier molecular flexibility index (Phi) is 6.29. The number of aromatic nitrogens is 4. The molecule has 11 nitrogen and oxygen atoms in total. The summed E-state index contributed by atoms with van der Waals surface area (Å²) in [5.41, 5.74) is 0.939. The monoisotopic (exact) mass is 499 g/mol. The summed E-state index contributed by atoms with van der Waals surface area (Å²) in [7, 11) is 3.80. The van der Waals surface area contributed by atoms with Gasteiger partial charge in [-0.05, 0) is 12.1 Å². The van der Waals surface area contributed by atoms with E-state index in [-0.39, 0.29) is 34.1 Å². The lowest BCUT2D eigenvalue weighted by atomic mass is 10.2. The van der Waals surface area contributed by atoms with E-state index in [1.54, 1.807) is 21.5 Å². The van der Waals surface area contributed by atoms with Crippen LogP contribution in [0, 0.1) is 20.2 Å². The van der Waals surface area contributed by atoms with Gasteiger partial charge in [0.25, 0.3) is 11.4 Å². The van der Waals surface area contributed by atoms with Gasteiger partial charge in [0.05, 0.1) is 35.0 Å². The number of quaternary nitrogens is 1. The summed E-state index contributed by atoms with van der Waals surface area (Å²) < 4.78 is 3.49. The Hall–Kier alpha value is -2.99. The molecule has 14 heteroatoms. The highest BCUT2D eigenvalue weighted by Gasteiger charge is 2.24. The Balaban J connectivity index is 0.00000289. The summed E-state index contributed by atoms with van der Waals surface area (Å²) >= 11 is 12.4. The second-order valence-electron chi connectivity index (χ2n) is 7.72. The van der Waals surface area contributed by atoms with Crippen molar-refractivity contribution in [1.82, 2.24) is 19.6 Å². The van der Waals surface area contributed by atoms with Crippen LogP contribution in [-0.2, 0) is 13.3 Å². The summed E-state index contributed by atoms with van der Waals surface area (Å²) in [6.45, 7) is 0.608. The molecule has 32 heavy (non-hydrogen) atoms. The molecule has 2 aromatic carbocycles. The SMILES string of the molecule is C[N+](C)(Cn1nc(Cl)c2ccc([N+](=O)[O-])cc21)Cn1nc(Cl)c2ccc([N+](=O)[O-])cc21.[Cl-]. The number of fused-ring (bicyclic) bond motifs is 2. The summed E-state index contributed by atoms with van der Waals surface area (Å²) in [6.07, 6.45) is 0. The first kappa shape index (κ1) is 23.7. The highest BCUT2D eigenvalue weighted by Crippen LogP contribution is 2.29. The largest absolute Gasteiger partial charge is 1.00 e. The van der Waals surface area contributed by atoms with Crippen LogP contribution < -0.4 is 12.4 Å². The molecule has 4 aromatic rings. The van der Waals surface area contributed by atoms with Gasteiger partial charge in [-0.3, -0.25) is 24.7 Å². The molecule has 0 aliphatic carbocycles. The Morgan fingerprint density at radius 3 is 1.56 bits per heavy atom. The highest BCUT2D eigenvalue weighted by atomic mass is 35.5. The molecule has 0 N–H and O–H groups in total. The summed E-state index contributed by atoms with van der Waals surface area (Å²) in [4.78, 5) is 21.4. The number of hydrogen-bond donors (Lipinski definition) is 0. The van der Waals surface area contributed by atoms with Crippen LogP contribution in [0.3, 0.4) is 0 Å². The molecule has 2 heterocycles. The van der Waals surface area contributed by atoms with Crippen molar-refractivity contribution in [3.63, 3.8) is 0 Å². The Morgan fingerprint density at radius 1 is 0.844 bits per heavy atom. The Bertz CT molecular complexity index is 1260. The maximum atomic E-state index is 11.2. The van der Waals surface area contributed by atoms with Crippen LogP contribution in [0.2, 0.25) is 10.3 Å². The fourth-order valence-electron chi connectivity index (χ4n) is 3.46. The smallest absolute Gasteiger partial charge is 0.271 e. The molecule has 0 fully saturated rings. The fourth-order valence-corrected chi connectivity index (χ4v) is 3.96. The number of nitro benzene ring substituents is 2. The van der Waals surface area contributed by atoms with Crippen LogP contribution in [0.4, 0.5) is 11.4 Å². The summed E-state index contributed by atoms with van der Waals surface area (Å²) in [5, 5.41) is 32.7. The van der Waals surface area contributed by atoms with Gasteiger partial charge in [-0.1, -0.05) is 23.2 Å². The number of non-ortho nitro benzene ring substituents is 2. The fraction of sp³-hybridized carbons (Fsp3) is 0.222. The Labute approximate surface area is 197 Å². The van der Waals surface area contributed by atoms with Crippen LogP contribution in [-0.4, -0.2) is 48.0 Å². The molecule has 0 aliphatic heterocycles. The predicted molar refractivity (Wildman–Crippen MR) is 115 cm³/mol. The zero-order valence-corrected chi connectivity index (χ0v) is 19.0. The standard InChI is InChI=1S/C18H16Cl2N7O4.ClH/c1-27(2,9-23-15-7-11(25(28)29)3-5-13(15)17(19)21-23)10-24-16-8-12(26(30)31)4-6-14(16)18(20)22-24;/h3-8H,9-10H2,1-2H3;1H/q+1;/p-1. The van der Waals surface area contributed by atoms with Gasteiger partial charge in [-0.15, -0.1) is 0 Å². The van der Waals surface area contributed by atoms with Gasteiger partial charge in [0.2, 0.25) is 0 Å². The zero-order valence-electron chi connectivity index (χ0n) is 16.8. The first-order valence-corrected chi connectivity index (χ1v) is 9.74. The van der Waals surface area contributed by atoms with Crippen LogP contribution in [0.15, 0.2) is 36.4 Å². The number of rotatable bonds is 6. The molecule has 168 valence electrons. The predicted octanol–water partition coefficient (Wildman–Crippen LogP) is 1.20. The maximum Gasteiger partial charge on any atom is 0.271 e. The van der Waals surface area contributed by atoms with Crippen LogP contribution in [0.5, 0.6) is 0 Å². The highest BCUT2D eigenvalue weighted by molar-refractivity contribution is 6.34. The van der Waals surface area contributed by atoms with Crippen molar-refractivity contribution in [1.29, 1.82) is 0 Å². The zero-order chi connectivity index (χ0) is 22.5. The summed E-state index contributed by atoms with van der Waals surface area (Å²) in [6, 6.07) is 8.75. The maximum absolute atomic E-state index is 11.2. The van der Waals surface area contributed by atoms with E-state index in [4.69, 9.17) is 23.2 Å². The van der Waals surface area contributed by atoms with Crippen molar-refractivity contribution in [2.45, 2.75) is 13.3 Å². The van der Waals surface area contributed by atoms with E-state index in [2.05, 4.69) is 10.2 Å². The minimum Gasteiger partial charge on any atom is -1.00 e. The third-order valence-corrected chi connectivity index (χ3v) is 5.39. The lowest BCUT2D eigenvalue weighted by molar-refractivity contribution is -0.934. The van der Waals surface area contributed by atoms with Gasteiger partial charge < -0.3 is 12.4 Å². The van der Waals surface area contributed by atoms with Crippen molar-refractivity contribution in [2.24, 2.45) is 0 Å². The van der Waals surface area contributed by atoms with Gasteiger partial charge in [-0.2, -0.15) is 10.2 Å².